The minimum Gasteiger partial charge on any atom is -0.325 e. The maximum atomic E-state index is 5.99. The second-order valence-corrected chi connectivity index (χ2v) is 5.87. The SMILES string of the molecule is Cc1ccsc1-c1ccnc(CC(C)(C)N)n1. The standard InChI is InChI=1S/C13H17N3S/c1-9-5-7-17-12(9)10-4-6-15-11(16-10)8-13(2,3)14/h4-7H,8,14H2,1-3H3. The molecule has 4 heteroatoms. The Morgan fingerprint density at radius 1 is 1.35 bits per heavy atom. The molecular weight excluding hydrogens is 230 g/mol. The molecule has 0 unspecified atom stereocenters. The van der Waals surface area contributed by atoms with Gasteiger partial charge in [0.05, 0.1) is 10.6 Å². The van der Waals surface area contributed by atoms with Gasteiger partial charge in [0.1, 0.15) is 5.82 Å². The fraction of sp³-hybridized carbons (Fsp3) is 0.385. The predicted octanol–water partition coefficient (Wildman–Crippen LogP) is 2.79. The summed E-state index contributed by atoms with van der Waals surface area (Å²) in [7, 11) is 0. The molecule has 0 radical (unpaired) electrons. The van der Waals surface area contributed by atoms with Crippen LogP contribution in [0.15, 0.2) is 23.7 Å². The highest BCUT2D eigenvalue weighted by Crippen LogP contribution is 2.27. The normalized spacial score (nSPS) is 11.8. The van der Waals surface area contributed by atoms with E-state index in [0.717, 1.165) is 11.5 Å². The first kappa shape index (κ1) is 12.2. The molecule has 0 aliphatic rings. The minimum atomic E-state index is -0.275. The average Bonchev–Trinajstić information content (AvgIpc) is 2.62. The summed E-state index contributed by atoms with van der Waals surface area (Å²) in [6, 6.07) is 4.06. The Labute approximate surface area is 106 Å². The molecule has 0 aliphatic carbocycles. The molecular formula is C13H17N3S. The summed E-state index contributed by atoms with van der Waals surface area (Å²) in [5.41, 5.74) is 7.96. The molecule has 0 bridgehead atoms. The fourth-order valence-electron chi connectivity index (χ4n) is 1.65. The van der Waals surface area contributed by atoms with Gasteiger partial charge in [-0.1, -0.05) is 0 Å². The summed E-state index contributed by atoms with van der Waals surface area (Å²) in [5, 5.41) is 2.08. The predicted molar refractivity (Wildman–Crippen MR) is 72.1 cm³/mol. The van der Waals surface area contributed by atoms with Crippen LogP contribution in [0.5, 0.6) is 0 Å². The number of nitrogens with two attached hydrogens (primary N) is 1. The first-order valence-electron chi connectivity index (χ1n) is 5.61. The van der Waals surface area contributed by atoms with E-state index in [9.17, 15) is 0 Å². The molecule has 2 N–H and O–H groups in total. The number of thiophene rings is 1. The third-order valence-corrected chi connectivity index (χ3v) is 3.45. The zero-order valence-corrected chi connectivity index (χ0v) is 11.2. The Morgan fingerprint density at radius 2 is 2.12 bits per heavy atom. The molecule has 0 aliphatic heterocycles. The van der Waals surface area contributed by atoms with Crippen molar-refractivity contribution in [3.63, 3.8) is 0 Å². The third-order valence-electron chi connectivity index (χ3n) is 2.41. The summed E-state index contributed by atoms with van der Waals surface area (Å²) in [5.74, 6) is 0.808. The van der Waals surface area contributed by atoms with Gasteiger partial charge in [0.15, 0.2) is 0 Å². The summed E-state index contributed by atoms with van der Waals surface area (Å²) in [6.07, 6.45) is 2.49. The molecule has 90 valence electrons. The highest BCUT2D eigenvalue weighted by atomic mass is 32.1. The van der Waals surface area contributed by atoms with Gasteiger partial charge in [-0.3, -0.25) is 0 Å². The number of hydrogen-bond donors (Lipinski definition) is 1. The van der Waals surface area contributed by atoms with Crippen LogP contribution in [0.4, 0.5) is 0 Å². The number of aromatic nitrogens is 2. The summed E-state index contributed by atoms with van der Waals surface area (Å²) >= 11 is 1.71. The summed E-state index contributed by atoms with van der Waals surface area (Å²) in [4.78, 5) is 10.1. The molecule has 0 atom stereocenters. The average molecular weight is 247 g/mol. The Balaban J connectivity index is 2.32. The van der Waals surface area contributed by atoms with Crippen LogP contribution < -0.4 is 5.73 Å². The molecule has 0 amide bonds. The van der Waals surface area contributed by atoms with Crippen molar-refractivity contribution in [2.75, 3.05) is 0 Å². The molecule has 3 nitrogen and oxygen atoms in total. The molecule has 2 heterocycles. The van der Waals surface area contributed by atoms with Crippen molar-refractivity contribution in [2.24, 2.45) is 5.73 Å². The van der Waals surface area contributed by atoms with E-state index in [-0.39, 0.29) is 5.54 Å². The lowest BCUT2D eigenvalue weighted by Gasteiger charge is -2.17. The van der Waals surface area contributed by atoms with E-state index in [1.165, 1.54) is 10.4 Å². The molecule has 0 aromatic carbocycles. The van der Waals surface area contributed by atoms with Crippen LogP contribution in [-0.4, -0.2) is 15.5 Å². The quantitative estimate of drug-likeness (QED) is 0.907. The molecule has 2 aromatic heterocycles. The van der Waals surface area contributed by atoms with Crippen molar-refractivity contribution >= 4 is 11.3 Å². The van der Waals surface area contributed by atoms with Gasteiger partial charge >= 0.3 is 0 Å². The minimum absolute atomic E-state index is 0.275. The van der Waals surface area contributed by atoms with Crippen molar-refractivity contribution in [1.29, 1.82) is 0 Å². The highest BCUT2D eigenvalue weighted by Gasteiger charge is 2.14. The number of nitrogens with zero attached hydrogens (tertiary/aromatic N) is 2. The Morgan fingerprint density at radius 3 is 2.71 bits per heavy atom. The lowest BCUT2D eigenvalue weighted by atomic mass is 10.0. The molecule has 0 spiro atoms. The first-order chi connectivity index (χ1) is 7.96. The van der Waals surface area contributed by atoms with Crippen molar-refractivity contribution in [3.8, 4) is 10.6 Å². The van der Waals surface area contributed by atoms with Crippen molar-refractivity contribution < 1.29 is 0 Å². The van der Waals surface area contributed by atoms with Gasteiger partial charge in [-0.05, 0) is 43.8 Å². The largest absolute Gasteiger partial charge is 0.325 e. The maximum Gasteiger partial charge on any atom is 0.130 e. The fourth-order valence-corrected chi connectivity index (χ4v) is 2.55. The number of rotatable bonds is 3. The maximum absolute atomic E-state index is 5.99. The van der Waals surface area contributed by atoms with Gasteiger partial charge in [-0.15, -0.1) is 11.3 Å². The van der Waals surface area contributed by atoms with Crippen LogP contribution >= 0.6 is 11.3 Å². The van der Waals surface area contributed by atoms with E-state index < -0.39 is 0 Å². The van der Waals surface area contributed by atoms with Crippen LogP contribution in [-0.2, 0) is 6.42 Å². The molecule has 0 fully saturated rings. The molecule has 2 aromatic rings. The first-order valence-corrected chi connectivity index (χ1v) is 6.49. The zero-order valence-electron chi connectivity index (χ0n) is 10.4. The number of aryl methyl sites for hydroxylation is 1. The lowest BCUT2D eigenvalue weighted by Crippen LogP contribution is -2.35. The third kappa shape index (κ3) is 3.11. The number of hydrogen-bond acceptors (Lipinski definition) is 4. The van der Waals surface area contributed by atoms with E-state index in [2.05, 4.69) is 28.3 Å². The van der Waals surface area contributed by atoms with Crippen molar-refractivity contribution in [1.82, 2.24) is 9.97 Å². The van der Waals surface area contributed by atoms with Crippen molar-refractivity contribution in [3.05, 3.63) is 35.1 Å². The highest BCUT2D eigenvalue weighted by molar-refractivity contribution is 7.13. The van der Waals surface area contributed by atoms with Gasteiger partial charge in [0.2, 0.25) is 0 Å². The Hall–Kier alpha value is -1.26. The van der Waals surface area contributed by atoms with E-state index in [1.54, 1.807) is 11.3 Å². The Bertz CT molecular complexity index is 511. The molecule has 0 saturated carbocycles. The van der Waals surface area contributed by atoms with Gasteiger partial charge in [0.25, 0.3) is 0 Å². The van der Waals surface area contributed by atoms with Gasteiger partial charge in [0, 0.05) is 18.2 Å². The van der Waals surface area contributed by atoms with E-state index in [0.29, 0.717) is 6.42 Å². The van der Waals surface area contributed by atoms with Crippen molar-refractivity contribution in [2.45, 2.75) is 32.7 Å². The smallest absolute Gasteiger partial charge is 0.130 e. The zero-order chi connectivity index (χ0) is 12.5. The van der Waals surface area contributed by atoms with E-state index >= 15 is 0 Å². The molecule has 2 rings (SSSR count). The van der Waals surface area contributed by atoms with E-state index in [4.69, 9.17) is 5.73 Å². The second-order valence-electron chi connectivity index (χ2n) is 4.96. The van der Waals surface area contributed by atoms with Gasteiger partial charge in [-0.2, -0.15) is 0 Å². The molecule has 17 heavy (non-hydrogen) atoms. The second kappa shape index (κ2) is 4.55. The van der Waals surface area contributed by atoms with Crippen LogP contribution in [0.2, 0.25) is 0 Å². The summed E-state index contributed by atoms with van der Waals surface area (Å²) in [6.45, 7) is 6.07. The monoisotopic (exact) mass is 247 g/mol. The van der Waals surface area contributed by atoms with Crippen LogP contribution in [0.3, 0.4) is 0 Å². The summed E-state index contributed by atoms with van der Waals surface area (Å²) < 4.78 is 0. The van der Waals surface area contributed by atoms with Gasteiger partial charge < -0.3 is 5.73 Å². The van der Waals surface area contributed by atoms with Crippen LogP contribution in [0.25, 0.3) is 10.6 Å². The van der Waals surface area contributed by atoms with Gasteiger partial charge in [-0.25, -0.2) is 9.97 Å². The topological polar surface area (TPSA) is 51.8 Å². The lowest BCUT2D eigenvalue weighted by molar-refractivity contribution is 0.502. The van der Waals surface area contributed by atoms with E-state index in [1.807, 2.05) is 26.1 Å². The van der Waals surface area contributed by atoms with Crippen LogP contribution in [0, 0.1) is 6.92 Å². The Kier molecular flexibility index (Phi) is 3.26. The molecule has 0 saturated heterocycles. The van der Waals surface area contributed by atoms with Crippen LogP contribution in [0.1, 0.15) is 25.2 Å².